The summed E-state index contributed by atoms with van der Waals surface area (Å²) in [5.74, 6) is 0.609. The van der Waals surface area contributed by atoms with Crippen molar-refractivity contribution in [3.05, 3.63) is 29.8 Å². The third-order valence-corrected chi connectivity index (χ3v) is 5.94. The molecule has 3 rings (SSSR count). The van der Waals surface area contributed by atoms with Crippen LogP contribution in [0.4, 0.5) is 5.69 Å². The van der Waals surface area contributed by atoms with Crippen molar-refractivity contribution in [2.45, 2.75) is 44.7 Å². The van der Waals surface area contributed by atoms with E-state index < -0.39 is 0 Å². The van der Waals surface area contributed by atoms with Crippen molar-refractivity contribution in [3.63, 3.8) is 0 Å². The second-order valence-electron chi connectivity index (χ2n) is 6.97. The molecule has 2 fully saturated rings. The summed E-state index contributed by atoms with van der Waals surface area (Å²) in [5, 5.41) is 6.03. The fourth-order valence-corrected chi connectivity index (χ4v) is 4.36. The second kappa shape index (κ2) is 8.72. The Bertz CT molecular complexity index is 605. The highest BCUT2D eigenvalue weighted by molar-refractivity contribution is 8.00. The number of hydrogen-bond acceptors (Lipinski definition) is 4. The molecule has 0 radical (unpaired) electrons. The van der Waals surface area contributed by atoms with E-state index in [1.807, 2.05) is 31.2 Å². The predicted octanol–water partition coefficient (Wildman–Crippen LogP) is 2.41. The third-order valence-electron chi connectivity index (χ3n) is 5.00. The first kappa shape index (κ1) is 18.3. The van der Waals surface area contributed by atoms with E-state index in [0.29, 0.717) is 17.5 Å². The lowest BCUT2D eigenvalue weighted by Crippen LogP contribution is -2.47. The van der Waals surface area contributed by atoms with Crippen LogP contribution in [-0.2, 0) is 9.59 Å². The average molecular weight is 362 g/mol. The van der Waals surface area contributed by atoms with Crippen molar-refractivity contribution in [1.29, 1.82) is 0 Å². The van der Waals surface area contributed by atoms with Gasteiger partial charge < -0.3 is 10.6 Å². The van der Waals surface area contributed by atoms with Gasteiger partial charge in [0.25, 0.3) is 0 Å². The molecule has 0 aromatic heterocycles. The number of hydrogen-bond donors (Lipinski definition) is 2. The monoisotopic (exact) mass is 361 g/mol. The van der Waals surface area contributed by atoms with Crippen LogP contribution < -0.4 is 10.6 Å². The van der Waals surface area contributed by atoms with E-state index in [4.69, 9.17) is 0 Å². The number of fused-ring (bicyclic) bond motifs is 1. The number of carbonyl (C=O) groups is 2. The van der Waals surface area contributed by atoms with E-state index in [0.717, 1.165) is 24.2 Å². The molecule has 5 nitrogen and oxygen atoms in total. The highest BCUT2D eigenvalue weighted by Gasteiger charge is 2.36. The summed E-state index contributed by atoms with van der Waals surface area (Å²) >= 11 is 1.37. The fourth-order valence-electron chi connectivity index (χ4n) is 3.73. The molecular weight excluding hydrogens is 334 g/mol. The van der Waals surface area contributed by atoms with Crippen molar-refractivity contribution in [1.82, 2.24) is 10.2 Å². The van der Waals surface area contributed by atoms with Crippen molar-refractivity contribution in [2.75, 3.05) is 29.9 Å². The molecule has 1 aromatic rings. The number of carbonyl (C=O) groups excluding carboxylic acids is 2. The number of thioether (sulfide) groups is 1. The van der Waals surface area contributed by atoms with Crippen LogP contribution in [0.5, 0.6) is 0 Å². The summed E-state index contributed by atoms with van der Waals surface area (Å²) in [4.78, 5) is 26.6. The van der Waals surface area contributed by atoms with Gasteiger partial charge in [-0.2, -0.15) is 0 Å². The van der Waals surface area contributed by atoms with Gasteiger partial charge in [0.1, 0.15) is 0 Å². The standard InChI is InChI=1S/C19H27N3O2S/c1-14-5-7-15(8-6-14)20-18(23)12-25-13-19(24)21-16-9-11-22-10-3-2-4-17(16)22/h5-8,16-17H,2-4,9-13H2,1H3,(H,20,23)(H,21,24). The van der Waals surface area contributed by atoms with E-state index in [9.17, 15) is 9.59 Å². The summed E-state index contributed by atoms with van der Waals surface area (Å²) in [7, 11) is 0. The Kier molecular flexibility index (Phi) is 6.37. The van der Waals surface area contributed by atoms with Gasteiger partial charge in [-0.3, -0.25) is 14.5 Å². The van der Waals surface area contributed by atoms with Crippen molar-refractivity contribution >= 4 is 29.3 Å². The van der Waals surface area contributed by atoms with Crippen LogP contribution in [0.2, 0.25) is 0 Å². The van der Waals surface area contributed by atoms with E-state index in [1.165, 1.54) is 37.6 Å². The molecule has 0 bridgehead atoms. The average Bonchev–Trinajstić information content (AvgIpc) is 3.00. The third kappa shape index (κ3) is 5.22. The molecule has 2 unspecified atom stereocenters. The maximum absolute atomic E-state index is 12.2. The molecule has 2 atom stereocenters. The number of nitrogens with zero attached hydrogens (tertiary/aromatic N) is 1. The number of amides is 2. The molecule has 2 heterocycles. The Balaban J connectivity index is 1.35. The number of nitrogens with one attached hydrogen (secondary N) is 2. The first-order chi connectivity index (χ1) is 12.1. The molecule has 0 aliphatic carbocycles. The molecule has 2 aliphatic rings. The smallest absolute Gasteiger partial charge is 0.234 e. The summed E-state index contributed by atoms with van der Waals surface area (Å²) in [6.45, 7) is 4.28. The van der Waals surface area contributed by atoms with Gasteiger partial charge in [0, 0.05) is 24.3 Å². The molecule has 2 aliphatic heterocycles. The van der Waals surface area contributed by atoms with E-state index in [-0.39, 0.29) is 17.9 Å². The molecule has 1 aromatic carbocycles. The number of anilines is 1. The van der Waals surface area contributed by atoms with E-state index in [2.05, 4.69) is 15.5 Å². The van der Waals surface area contributed by atoms with Crippen LogP contribution in [0.25, 0.3) is 0 Å². The first-order valence-corrected chi connectivity index (χ1v) is 10.2. The minimum Gasteiger partial charge on any atom is -0.351 e. The van der Waals surface area contributed by atoms with Crippen LogP contribution in [-0.4, -0.2) is 53.4 Å². The predicted molar refractivity (Wildman–Crippen MR) is 103 cm³/mol. The highest BCUT2D eigenvalue weighted by Crippen LogP contribution is 2.27. The Hall–Kier alpha value is -1.53. The molecule has 136 valence electrons. The second-order valence-corrected chi connectivity index (χ2v) is 7.95. The quantitative estimate of drug-likeness (QED) is 0.817. The number of benzene rings is 1. The molecule has 2 N–H and O–H groups in total. The number of aryl methyl sites for hydroxylation is 1. The summed E-state index contributed by atoms with van der Waals surface area (Å²) in [5.41, 5.74) is 1.96. The van der Waals surface area contributed by atoms with Gasteiger partial charge in [-0.05, 0) is 44.9 Å². The van der Waals surface area contributed by atoms with Crippen LogP contribution in [0.15, 0.2) is 24.3 Å². The minimum absolute atomic E-state index is 0.0468. The lowest BCUT2D eigenvalue weighted by Gasteiger charge is -2.32. The lowest BCUT2D eigenvalue weighted by molar-refractivity contribution is -0.119. The fraction of sp³-hybridized carbons (Fsp3) is 0.579. The van der Waals surface area contributed by atoms with Crippen LogP contribution in [0.1, 0.15) is 31.2 Å². The van der Waals surface area contributed by atoms with Gasteiger partial charge in [-0.1, -0.05) is 24.1 Å². The lowest BCUT2D eigenvalue weighted by atomic mass is 9.99. The van der Waals surface area contributed by atoms with Crippen LogP contribution >= 0.6 is 11.8 Å². The van der Waals surface area contributed by atoms with Gasteiger partial charge in [0.15, 0.2) is 0 Å². The van der Waals surface area contributed by atoms with E-state index in [1.54, 1.807) is 0 Å². The number of rotatable bonds is 6. The zero-order valence-corrected chi connectivity index (χ0v) is 15.6. The Morgan fingerprint density at radius 3 is 2.64 bits per heavy atom. The van der Waals surface area contributed by atoms with Crippen molar-refractivity contribution < 1.29 is 9.59 Å². The number of piperidine rings is 1. The van der Waals surface area contributed by atoms with Crippen LogP contribution in [0.3, 0.4) is 0 Å². The SMILES string of the molecule is Cc1ccc(NC(=O)CSCC(=O)NC2CCN3CCCCC23)cc1. The molecule has 0 spiro atoms. The highest BCUT2D eigenvalue weighted by atomic mass is 32.2. The maximum atomic E-state index is 12.2. The van der Waals surface area contributed by atoms with Gasteiger partial charge >= 0.3 is 0 Å². The summed E-state index contributed by atoms with van der Waals surface area (Å²) < 4.78 is 0. The summed E-state index contributed by atoms with van der Waals surface area (Å²) in [6.07, 6.45) is 4.79. The van der Waals surface area contributed by atoms with Crippen molar-refractivity contribution in [3.8, 4) is 0 Å². The van der Waals surface area contributed by atoms with Gasteiger partial charge in [-0.15, -0.1) is 11.8 Å². The molecular formula is C19H27N3O2S. The first-order valence-electron chi connectivity index (χ1n) is 9.09. The maximum Gasteiger partial charge on any atom is 0.234 e. The van der Waals surface area contributed by atoms with Gasteiger partial charge in [0.05, 0.1) is 11.5 Å². The zero-order valence-electron chi connectivity index (χ0n) is 14.8. The Morgan fingerprint density at radius 2 is 1.84 bits per heavy atom. The van der Waals surface area contributed by atoms with E-state index >= 15 is 0 Å². The molecule has 0 saturated carbocycles. The molecule has 2 saturated heterocycles. The van der Waals surface area contributed by atoms with Gasteiger partial charge in [0.2, 0.25) is 11.8 Å². The minimum atomic E-state index is -0.0685. The molecule has 6 heteroatoms. The molecule has 2 amide bonds. The normalized spacial score (nSPS) is 23.1. The Labute approximate surface area is 153 Å². The van der Waals surface area contributed by atoms with Gasteiger partial charge in [-0.25, -0.2) is 0 Å². The largest absolute Gasteiger partial charge is 0.351 e. The topological polar surface area (TPSA) is 61.4 Å². The summed E-state index contributed by atoms with van der Waals surface area (Å²) in [6, 6.07) is 8.52. The van der Waals surface area contributed by atoms with Crippen LogP contribution in [0, 0.1) is 6.92 Å². The zero-order chi connectivity index (χ0) is 17.6. The van der Waals surface area contributed by atoms with Crippen molar-refractivity contribution in [2.24, 2.45) is 0 Å². The Morgan fingerprint density at radius 1 is 1.08 bits per heavy atom. The molecule has 25 heavy (non-hydrogen) atoms.